The number of nitrogens with zero attached hydrogens (tertiary/aromatic N) is 4. The highest BCUT2D eigenvalue weighted by atomic mass is 16.1. The number of carbonyl (C=O) groups excluding carboxylic acids is 2. The SMILES string of the molecule is NC(=O)Cn1ccnc1[C@H]1CCCN(c2ncccc2C(N)=O)C1. The molecule has 126 valence electrons. The Hall–Kier alpha value is -2.90. The summed E-state index contributed by atoms with van der Waals surface area (Å²) in [4.78, 5) is 33.6. The van der Waals surface area contributed by atoms with Crippen LogP contribution in [0.15, 0.2) is 30.7 Å². The van der Waals surface area contributed by atoms with E-state index in [4.69, 9.17) is 11.5 Å². The van der Waals surface area contributed by atoms with Crippen molar-refractivity contribution in [3.05, 3.63) is 42.1 Å². The number of carbonyl (C=O) groups is 2. The van der Waals surface area contributed by atoms with Crippen molar-refractivity contribution in [2.45, 2.75) is 25.3 Å². The van der Waals surface area contributed by atoms with E-state index >= 15 is 0 Å². The van der Waals surface area contributed by atoms with Crippen LogP contribution >= 0.6 is 0 Å². The largest absolute Gasteiger partial charge is 0.368 e. The number of nitrogens with two attached hydrogens (primary N) is 2. The lowest BCUT2D eigenvalue weighted by atomic mass is 9.96. The van der Waals surface area contributed by atoms with Crippen LogP contribution in [0, 0.1) is 0 Å². The lowest BCUT2D eigenvalue weighted by molar-refractivity contribution is -0.118. The Labute approximate surface area is 139 Å². The molecule has 0 unspecified atom stereocenters. The summed E-state index contributed by atoms with van der Waals surface area (Å²) in [5.74, 6) is 0.673. The molecule has 1 saturated heterocycles. The van der Waals surface area contributed by atoms with Crippen LogP contribution < -0.4 is 16.4 Å². The summed E-state index contributed by atoms with van der Waals surface area (Å²) in [5, 5.41) is 0. The van der Waals surface area contributed by atoms with Crippen LogP contribution in [0.25, 0.3) is 0 Å². The molecule has 4 N–H and O–H groups in total. The minimum absolute atomic E-state index is 0.113. The van der Waals surface area contributed by atoms with Crippen LogP contribution in [0.3, 0.4) is 0 Å². The number of hydrogen-bond donors (Lipinski definition) is 2. The fourth-order valence-electron chi connectivity index (χ4n) is 3.20. The number of amides is 2. The standard InChI is InChI=1S/C16H20N6O2/c17-13(23)10-22-8-6-20-15(22)11-3-2-7-21(9-11)16-12(14(18)24)4-1-5-19-16/h1,4-6,8,11H,2-3,7,9-10H2,(H2,17,23)(H2,18,24)/t11-/m0/s1. The Bertz CT molecular complexity index is 757. The lowest BCUT2D eigenvalue weighted by Gasteiger charge is -2.34. The first-order valence-electron chi connectivity index (χ1n) is 7.85. The molecule has 0 saturated carbocycles. The third-order valence-corrected chi connectivity index (χ3v) is 4.21. The topological polar surface area (TPSA) is 120 Å². The summed E-state index contributed by atoms with van der Waals surface area (Å²) in [6, 6.07) is 3.38. The van der Waals surface area contributed by atoms with Gasteiger partial charge in [-0.05, 0) is 25.0 Å². The average Bonchev–Trinajstić information content (AvgIpc) is 3.02. The third kappa shape index (κ3) is 3.22. The maximum Gasteiger partial charge on any atom is 0.252 e. The molecule has 0 aliphatic carbocycles. The second-order valence-electron chi connectivity index (χ2n) is 5.90. The molecule has 1 aliphatic rings. The minimum Gasteiger partial charge on any atom is -0.368 e. The van der Waals surface area contributed by atoms with E-state index in [1.807, 2.05) is 0 Å². The minimum atomic E-state index is -0.490. The molecule has 1 atom stereocenters. The first-order chi connectivity index (χ1) is 11.6. The van der Waals surface area contributed by atoms with Gasteiger partial charge >= 0.3 is 0 Å². The zero-order valence-corrected chi connectivity index (χ0v) is 13.3. The van der Waals surface area contributed by atoms with E-state index in [0.29, 0.717) is 17.9 Å². The molecular formula is C16H20N6O2. The molecule has 0 bridgehead atoms. The second-order valence-corrected chi connectivity index (χ2v) is 5.90. The molecule has 2 amide bonds. The number of pyridine rings is 1. The number of piperidine rings is 1. The smallest absolute Gasteiger partial charge is 0.252 e. The van der Waals surface area contributed by atoms with Gasteiger partial charge in [-0.3, -0.25) is 9.59 Å². The van der Waals surface area contributed by atoms with Crippen molar-refractivity contribution in [2.24, 2.45) is 11.5 Å². The molecule has 24 heavy (non-hydrogen) atoms. The second kappa shape index (κ2) is 6.69. The van der Waals surface area contributed by atoms with E-state index in [9.17, 15) is 9.59 Å². The zero-order chi connectivity index (χ0) is 17.1. The van der Waals surface area contributed by atoms with Gasteiger partial charge in [-0.15, -0.1) is 0 Å². The van der Waals surface area contributed by atoms with Gasteiger partial charge in [0.05, 0.1) is 5.56 Å². The van der Waals surface area contributed by atoms with Gasteiger partial charge in [-0.25, -0.2) is 9.97 Å². The van der Waals surface area contributed by atoms with Gasteiger partial charge in [0.1, 0.15) is 18.2 Å². The van der Waals surface area contributed by atoms with Gasteiger partial charge in [-0.1, -0.05) is 0 Å². The van der Waals surface area contributed by atoms with Crippen molar-refractivity contribution in [3.8, 4) is 0 Å². The lowest BCUT2D eigenvalue weighted by Crippen LogP contribution is -2.37. The highest BCUT2D eigenvalue weighted by Gasteiger charge is 2.27. The Morgan fingerprint density at radius 2 is 2.08 bits per heavy atom. The number of rotatable bonds is 5. The van der Waals surface area contributed by atoms with E-state index in [1.165, 1.54) is 0 Å². The zero-order valence-electron chi connectivity index (χ0n) is 13.3. The van der Waals surface area contributed by atoms with Crippen LogP contribution in [0.5, 0.6) is 0 Å². The number of hydrogen-bond acceptors (Lipinski definition) is 5. The number of anilines is 1. The molecular weight excluding hydrogens is 308 g/mol. The number of imidazole rings is 1. The Balaban J connectivity index is 1.84. The normalized spacial score (nSPS) is 17.7. The van der Waals surface area contributed by atoms with Gasteiger partial charge in [0.2, 0.25) is 5.91 Å². The van der Waals surface area contributed by atoms with Crippen LogP contribution in [0.2, 0.25) is 0 Å². The summed E-state index contributed by atoms with van der Waals surface area (Å²) in [6.45, 7) is 1.57. The van der Waals surface area contributed by atoms with Crippen LogP contribution in [-0.2, 0) is 11.3 Å². The predicted molar refractivity (Wildman–Crippen MR) is 88.4 cm³/mol. The third-order valence-electron chi connectivity index (χ3n) is 4.21. The van der Waals surface area contributed by atoms with E-state index in [0.717, 1.165) is 25.2 Å². The van der Waals surface area contributed by atoms with E-state index in [1.54, 1.807) is 35.3 Å². The summed E-state index contributed by atoms with van der Waals surface area (Å²) in [7, 11) is 0. The summed E-state index contributed by atoms with van der Waals surface area (Å²) >= 11 is 0. The van der Waals surface area contributed by atoms with E-state index < -0.39 is 11.8 Å². The van der Waals surface area contributed by atoms with Gasteiger partial charge < -0.3 is 20.9 Å². The molecule has 0 aromatic carbocycles. The number of aromatic nitrogens is 3. The summed E-state index contributed by atoms with van der Waals surface area (Å²) in [6.07, 6.45) is 6.97. The molecule has 8 heteroatoms. The maximum absolute atomic E-state index is 11.6. The molecule has 3 heterocycles. The van der Waals surface area contributed by atoms with E-state index in [2.05, 4.69) is 14.9 Å². The van der Waals surface area contributed by atoms with Gasteiger partial charge in [0.25, 0.3) is 5.91 Å². The monoisotopic (exact) mass is 328 g/mol. The molecule has 0 spiro atoms. The Morgan fingerprint density at radius 1 is 1.25 bits per heavy atom. The quantitative estimate of drug-likeness (QED) is 0.815. The fourth-order valence-corrected chi connectivity index (χ4v) is 3.20. The molecule has 1 aliphatic heterocycles. The highest BCUT2D eigenvalue weighted by molar-refractivity contribution is 5.97. The van der Waals surface area contributed by atoms with Crippen molar-refractivity contribution >= 4 is 17.6 Å². The first-order valence-corrected chi connectivity index (χ1v) is 7.85. The molecule has 3 rings (SSSR count). The number of primary amides is 2. The molecule has 1 fully saturated rings. The van der Waals surface area contributed by atoms with Crippen molar-refractivity contribution in [3.63, 3.8) is 0 Å². The van der Waals surface area contributed by atoms with E-state index in [-0.39, 0.29) is 12.5 Å². The fraction of sp³-hybridized carbons (Fsp3) is 0.375. The van der Waals surface area contributed by atoms with Gasteiger partial charge in [-0.2, -0.15) is 0 Å². The average molecular weight is 328 g/mol. The first kappa shape index (κ1) is 16.0. The molecule has 2 aromatic heterocycles. The van der Waals surface area contributed by atoms with Crippen molar-refractivity contribution < 1.29 is 9.59 Å². The Morgan fingerprint density at radius 3 is 2.83 bits per heavy atom. The summed E-state index contributed by atoms with van der Waals surface area (Å²) in [5.41, 5.74) is 11.2. The van der Waals surface area contributed by atoms with Crippen LogP contribution in [0.4, 0.5) is 5.82 Å². The van der Waals surface area contributed by atoms with Gasteiger partial charge in [0.15, 0.2) is 0 Å². The van der Waals surface area contributed by atoms with Crippen molar-refractivity contribution in [1.29, 1.82) is 0 Å². The molecule has 8 nitrogen and oxygen atoms in total. The molecule has 2 aromatic rings. The van der Waals surface area contributed by atoms with Crippen molar-refractivity contribution in [2.75, 3.05) is 18.0 Å². The highest BCUT2D eigenvalue weighted by Crippen LogP contribution is 2.29. The Kier molecular flexibility index (Phi) is 4.45. The molecule has 0 radical (unpaired) electrons. The van der Waals surface area contributed by atoms with Crippen LogP contribution in [0.1, 0.15) is 34.9 Å². The summed E-state index contributed by atoms with van der Waals surface area (Å²) < 4.78 is 1.78. The van der Waals surface area contributed by atoms with Crippen LogP contribution in [-0.4, -0.2) is 39.4 Å². The van der Waals surface area contributed by atoms with Gasteiger partial charge in [0, 0.05) is 37.6 Å². The maximum atomic E-state index is 11.6. The van der Waals surface area contributed by atoms with Crippen molar-refractivity contribution in [1.82, 2.24) is 14.5 Å². The predicted octanol–water partition coefficient (Wildman–Crippen LogP) is 0.246.